The summed E-state index contributed by atoms with van der Waals surface area (Å²) in [5, 5.41) is 15.5. The highest BCUT2D eigenvalue weighted by atomic mass is 35.5. The molecule has 158 valence electrons. The molecule has 0 aliphatic heterocycles. The van der Waals surface area contributed by atoms with Crippen molar-refractivity contribution in [1.29, 1.82) is 0 Å². The van der Waals surface area contributed by atoms with E-state index in [-0.39, 0.29) is 16.5 Å². The lowest BCUT2D eigenvalue weighted by Gasteiger charge is -2.09. The third kappa shape index (κ3) is 4.45. The van der Waals surface area contributed by atoms with Crippen molar-refractivity contribution in [2.24, 2.45) is 5.10 Å². The molecule has 9 heteroatoms. The number of rotatable bonds is 5. The van der Waals surface area contributed by atoms with Gasteiger partial charge in [-0.3, -0.25) is 14.9 Å². The van der Waals surface area contributed by atoms with Gasteiger partial charge in [-0.15, -0.1) is 0 Å². The van der Waals surface area contributed by atoms with Gasteiger partial charge in [-0.25, -0.2) is 14.8 Å². The van der Waals surface area contributed by atoms with E-state index in [0.29, 0.717) is 33.3 Å². The van der Waals surface area contributed by atoms with Crippen molar-refractivity contribution in [3.63, 3.8) is 0 Å². The van der Waals surface area contributed by atoms with Crippen molar-refractivity contribution < 1.29 is 14.1 Å². The zero-order valence-electron chi connectivity index (χ0n) is 16.3. The lowest BCUT2D eigenvalue weighted by molar-refractivity contribution is -0.384. The van der Waals surface area contributed by atoms with E-state index in [9.17, 15) is 19.3 Å². The van der Waals surface area contributed by atoms with Crippen LogP contribution in [0, 0.1) is 15.9 Å². The van der Waals surface area contributed by atoms with E-state index in [1.165, 1.54) is 30.5 Å². The Morgan fingerprint density at radius 2 is 1.84 bits per heavy atom. The summed E-state index contributed by atoms with van der Waals surface area (Å²) < 4.78 is 13.3. The summed E-state index contributed by atoms with van der Waals surface area (Å²) in [6, 6.07) is 18.7. The monoisotopic (exact) mass is 448 g/mol. The third-order valence-corrected chi connectivity index (χ3v) is 4.97. The summed E-state index contributed by atoms with van der Waals surface area (Å²) in [6.07, 6.45) is 1.28. The number of hydrogen-bond donors (Lipinski definition) is 1. The predicted molar refractivity (Wildman–Crippen MR) is 120 cm³/mol. The van der Waals surface area contributed by atoms with E-state index in [1.807, 2.05) is 0 Å². The van der Waals surface area contributed by atoms with Gasteiger partial charge in [-0.2, -0.15) is 5.10 Å². The Kier molecular flexibility index (Phi) is 5.87. The van der Waals surface area contributed by atoms with Crippen molar-refractivity contribution in [1.82, 2.24) is 10.4 Å². The Morgan fingerprint density at radius 1 is 1.09 bits per heavy atom. The standard InChI is InChI=1S/C23H14ClFN4O3/c24-19-10-5-14(11-22(19)29(31)32)13-26-28-23(30)18-12-21(15-6-8-16(25)9-7-15)27-20-4-2-1-3-17(18)20/h1-13H,(H,28,30). The van der Waals surface area contributed by atoms with Crippen LogP contribution in [0.3, 0.4) is 0 Å². The van der Waals surface area contributed by atoms with Crippen LogP contribution in [0.1, 0.15) is 15.9 Å². The molecular formula is C23H14ClFN4O3. The molecule has 1 aromatic heterocycles. The number of carbonyl (C=O) groups is 1. The molecule has 32 heavy (non-hydrogen) atoms. The number of hydrazone groups is 1. The van der Waals surface area contributed by atoms with Crippen LogP contribution in [-0.4, -0.2) is 22.0 Å². The summed E-state index contributed by atoms with van der Waals surface area (Å²) in [4.78, 5) is 27.9. The summed E-state index contributed by atoms with van der Waals surface area (Å²) in [5.41, 5.74) is 4.65. The number of carbonyl (C=O) groups excluding carboxylic acids is 1. The molecule has 4 rings (SSSR count). The Bertz CT molecular complexity index is 1370. The maximum atomic E-state index is 13.3. The quantitative estimate of drug-likeness (QED) is 0.252. The Hall–Kier alpha value is -4.17. The molecule has 0 bridgehead atoms. The van der Waals surface area contributed by atoms with Crippen LogP contribution in [0.4, 0.5) is 10.1 Å². The number of nitrogens with one attached hydrogen (secondary N) is 1. The average Bonchev–Trinajstić information content (AvgIpc) is 2.79. The lowest BCUT2D eigenvalue weighted by atomic mass is 10.0. The number of amides is 1. The number of para-hydroxylation sites is 1. The minimum Gasteiger partial charge on any atom is -0.267 e. The molecular weight excluding hydrogens is 435 g/mol. The van der Waals surface area contributed by atoms with E-state index in [4.69, 9.17) is 11.6 Å². The summed E-state index contributed by atoms with van der Waals surface area (Å²) in [5.74, 6) is -0.865. The van der Waals surface area contributed by atoms with Gasteiger partial charge in [0.2, 0.25) is 0 Å². The second-order valence-electron chi connectivity index (χ2n) is 6.75. The summed E-state index contributed by atoms with van der Waals surface area (Å²) in [6.45, 7) is 0. The summed E-state index contributed by atoms with van der Waals surface area (Å²) >= 11 is 5.80. The lowest BCUT2D eigenvalue weighted by Crippen LogP contribution is -2.18. The van der Waals surface area contributed by atoms with Crippen molar-refractivity contribution in [2.45, 2.75) is 0 Å². The summed E-state index contributed by atoms with van der Waals surface area (Å²) in [7, 11) is 0. The van der Waals surface area contributed by atoms with Gasteiger partial charge in [0, 0.05) is 22.6 Å². The zero-order chi connectivity index (χ0) is 22.7. The largest absolute Gasteiger partial charge is 0.288 e. The van der Waals surface area contributed by atoms with E-state index in [2.05, 4.69) is 15.5 Å². The van der Waals surface area contributed by atoms with E-state index in [0.717, 1.165) is 0 Å². The molecule has 0 fully saturated rings. The maximum absolute atomic E-state index is 13.3. The first kappa shape index (κ1) is 21.1. The van der Waals surface area contributed by atoms with Crippen LogP contribution in [0.25, 0.3) is 22.2 Å². The van der Waals surface area contributed by atoms with Crippen LogP contribution in [0.15, 0.2) is 77.9 Å². The van der Waals surface area contributed by atoms with E-state index in [1.54, 1.807) is 48.5 Å². The number of nitro benzene ring substituents is 1. The molecule has 4 aromatic rings. The van der Waals surface area contributed by atoms with Gasteiger partial charge in [-0.05, 0) is 42.5 Å². The number of aromatic nitrogens is 1. The van der Waals surface area contributed by atoms with Crippen molar-refractivity contribution in [3.8, 4) is 11.3 Å². The normalized spacial score (nSPS) is 11.1. The van der Waals surface area contributed by atoms with Crippen molar-refractivity contribution in [3.05, 3.63) is 105 Å². The average molecular weight is 449 g/mol. The van der Waals surface area contributed by atoms with Gasteiger partial charge in [0.15, 0.2) is 0 Å². The second kappa shape index (κ2) is 8.91. The van der Waals surface area contributed by atoms with Crippen molar-refractivity contribution >= 4 is 40.3 Å². The molecule has 1 amide bonds. The Morgan fingerprint density at radius 3 is 2.59 bits per heavy atom. The second-order valence-corrected chi connectivity index (χ2v) is 7.15. The van der Waals surface area contributed by atoms with Gasteiger partial charge in [0.05, 0.1) is 27.9 Å². The van der Waals surface area contributed by atoms with Gasteiger partial charge in [0.25, 0.3) is 11.6 Å². The maximum Gasteiger partial charge on any atom is 0.288 e. The van der Waals surface area contributed by atoms with Gasteiger partial charge < -0.3 is 0 Å². The first-order valence-electron chi connectivity index (χ1n) is 9.35. The third-order valence-electron chi connectivity index (χ3n) is 4.65. The molecule has 1 N–H and O–H groups in total. The van der Waals surface area contributed by atoms with E-state index >= 15 is 0 Å². The SMILES string of the molecule is O=C(NN=Cc1ccc(Cl)c([N+](=O)[O-])c1)c1cc(-c2ccc(F)cc2)nc2ccccc12. The highest BCUT2D eigenvalue weighted by Gasteiger charge is 2.14. The Labute approximate surface area is 186 Å². The molecule has 0 atom stereocenters. The molecule has 0 saturated carbocycles. The zero-order valence-corrected chi connectivity index (χ0v) is 17.1. The van der Waals surface area contributed by atoms with Crippen LogP contribution in [0.5, 0.6) is 0 Å². The molecule has 0 aliphatic rings. The van der Waals surface area contributed by atoms with Crippen LogP contribution in [0.2, 0.25) is 5.02 Å². The van der Waals surface area contributed by atoms with Crippen LogP contribution >= 0.6 is 11.6 Å². The molecule has 1 heterocycles. The van der Waals surface area contributed by atoms with Crippen LogP contribution in [-0.2, 0) is 0 Å². The smallest absolute Gasteiger partial charge is 0.267 e. The Balaban J connectivity index is 1.64. The number of nitrogens with zero attached hydrogens (tertiary/aromatic N) is 3. The number of pyridine rings is 1. The minimum absolute atomic E-state index is 0.00719. The van der Waals surface area contributed by atoms with Gasteiger partial charge in [-0.1, -0.05) is 35.9 Å². The number of hydrogen-bond acceptors (Lipinski definition) is 5. The highest BCUT2D eigenvalue weighted by molar-refractivity contribution is 6.32. The molecule has 0 aliphatic carbocycles. The van der Waals surface area contributed by atoms with Crippen LogP contribution < -0.4 is 5.43 Å². The first-order valence-corrected chi connectivity index (χ1v) is 9.73. The fraction of sp³-hybridized carbons (Fsp3) is 0. The molecule has 0 radical (unpaired) electrons. The van der Waals surface area contributed by atoms with E-state index < -0.39 is 10.8 Å². The van der Waals surface area contributed by atoms with Gasteiger partial charge >= 0.3 is 0 Å². The molecule has 0 spiro atoms. The number of halogens is 2. The van der Waals surface area contributed by atoms with Gasteiger partial charge in [0.1, 0.15) is 10.8 Å². The van der Waals surface area contributed by atoms with Crippen molar-refractivity contribution in [2.75, 3.05) is 0 Å². The fourth-order valence-corrected chi connectivity index (χ4v) is 3.29. The minimum atomic E-state index is -0.599. The molecule has 0 saturated heterocycles. The topological polar surface area (TPSA) is 97.5 Å². The molecule has 0 unspecified atom stereocenters. The molecule has 7 nitrogen and oxygen atoms in total. The molecule has 3 aromatic carbocycles. The predicted octanol–water partition coefficient (Wildman–Crippen LogP) is 5.37. The number of benzene rings is 3. The number of nitro groups is 1. The highest BCUT2D eigenvalue weighted by Crippen LogP contribution is 2.26. The fourth-order valence-electron chi connectivity index (χ4n) is 3.11. The first-order chi connectivity index (χ1) is 15.4. The number of fused-ring (bicyclic) bond motifs is 1.